The summed E-state index contributed by atoms with van der Waals surface area (Å²) in [5, 5.41) is 2.59. The number of fused-ring (bicyclic) bond motifs is 1. The largest absolute Gasteiger partial charge is 0.479 e. The van der Waals surface area contributed by atoms with Gasteiger partial charge >= 0.3 is 0 Å². The van der Waals surface area contributed by atoms with Gasteiger partial charge in [0, 0.05) is 13.1 Å². The Morgan fingerprint density at radius 3 is 2.80 bits per heavy atom. The Bertz CT molecular complexity index is 788. The van der Waals surface area contributed by atoms with Crippen molar-refractivity contribution < 1.29 is 27.5 Å². The van der Waals surface area contributed by atoms with Crippen LogP contribution in [0.1, 0.15) is 6.92 Å². The molecule has 0 radical (unpaired) electrons. The zero-order chi connectivity index (χ0) is 18.0. The van der Waals surface area contributed by atoms with Gasteiger partial charge in [-0.2, -0.15) is 0 Å². The van der Waals surface area contributed by atoms with Crippen molar-refractivity contribution >= 4 is 27.5 Å². The van der Waals surface area contributed by atoms with Crippen LogP contribution in [0.5, 0.6) is 5.75 Å². The van der Waals surface area contributed by atoms with Crippen LogP contribution in [0.25, 0.3) is 0 Å². The number of nitrogens with one attached hydrogen (secondary N) is 2. The van der Waals surface area contributed by atoms with E-state index in [4.69, 9.17) is 9.47 Å². The molecule has 0 unspecified atom stereocenters. The van der Waals surface area contributed by atoms with Gasteiger partial charge in [-0.15, -0.1) is 0 Å². The number of rotatable bonds is 4. The highest BCUT2D eigenvalue weighted by Gasteiger charge is 2.26. The van der Waals surface area contributed by atoms with Gasteiger partial charge in [0.1, 0.15) is 5.75 Å². The summed E-state index contributed by atoms with van der Waals surface area (Å²) in [7, 11) is -3.89. The van der Waals surface area contributed by atoms with E-state index in [-0.39, 0.29) is 28.9 Å². The summed E-state index contributed by atoms with van der Waals surface area (Å²) in [6, 6.07) is 4.15. The first-order valence-electron chi connectivity index (χ1n) is 7.83. The van der Waals surface area contributed by atoms with E-state index < -0.39 is 16.1 Å². The Morgan fingerprint density at radius 2 is 2.08 bits per heavy atom. The van der Waals surface area contributed by atoms with Crippen molar-refractivity contribution in [3.05, 3.63) is 18.2 Å². The third kappa shape index (κ3) is 3.91. The lowest BCUT2D eigenvalue weighted by molar-refractivity contribution is -0.133. The fourth-order valence-electron chi connectivity index (χ4n) is 2.52. The van der Waals surface area contributed by atoms with Crippen molar-refractivity contribution in [3.63, 3.8) is 0 Å². The molecule has 2 aliphatic heterocycles. The van der Waals surface area contributed by atoms with Crippen LogP contribution in [0, 0.1) is 0 Å². The highest BCUT2D eigenvalue weighted by molar-refractivity contribution is 7.89. The fourth-order valence-corrected chi connectivity index (χ4v) is 3.52. The minimum absolute atomic E-state index is 0.0560. The van der Waals surface area contributed by atoms with Crippen LogP contribution in [0.3, 0.4) is 0 Å². The van der Waals surface area contributed by atoms with E-state index in [0.29, 0.717) is 32.1 Å². The molecule has 1 atom stereocenters. The van der Waals surface area contributed by atoms with Crippen LogP contribution < -0.4 is 14.8 Å². The molecule has 2 heterocycles. The van der Waals surface area contributed by atoms with Gasteiger partial charge in [0.25, 0.3) is 5.91 Å². The summed E-state index contributed by atoms with van der Waals surface area (Å²) >= 11 is 0. The molecule has 2 N–H and O–H groups in total. The predicted molar refractivity (Wildman–Crippen MR) is 87.7 cm³/mol. The van der Waals surface area contributed by atoms with Gasteiger partial charge in [-0.1, -0.05) is 0 Å². The lowest BCUT2D eigenvalue weighted by Gasteiger charge is -2.27. The third-order valence-electron chi connectivity index (χ3n) is 3.97. The topological polar surface area (TPSA) is 114 Å². The Hall–Kier alpha value is -2.17. The number of nitrogens with zero attached hydrogens (tertiary/aromatic N) is 1. The first kappa shape index (κ1) is 17.6. The van der Waals surface area contributed by atoms with Crippen molar-refractivity contribution in [1.29, 1.82) is 0 Å². The molecular formula is C15H19N3O6S. The summed E-state index contributed by atoms with van der Waals surface area (Å²) in [6.07, 6.45) is -0.640. The van der Waals surface area contributed by atoms with E-state index in [1.165, 1.54) is 18.2 Å². The van der Waals surface area contributed by atoms with E-state index in [1.54, 1.807) is 11.8 Å². The van der Waals surface area contributed by atoms with Gasteiger partial charge in [-0.25, -0.2) is 13.1 Å². The molecule has 25 heavy (non-hydrogen) atoms. The van der Waals surface area contributed by atoms with Crippen molar-refractivity contribution in [2.75, 3.05) is 38.2 Å². The van der Waals surface area contributed by atoms with Crippen molar-refractivity contribution in [2.24, 2.45) is 0 Å². The van der Waals surface area contributed by atoms with Gasteiger partial charge in [-0.05, 0) is 25.1 Å². The molecule has 0 aliphatic carbocycles. The SMILES string of the molecule is C[C@H]1Oc2ccc(S(=O)(=O)NCC(=O)N3CCOCC3)cc2NC1=O. The highest BCUT2D eigenvalue weighted by Crippen LogP contribution is 2.31. The average Bonchev–Trinajstić information content (AvgIpc) is 2.61. The first-order valence-corrected chi connectivity index (χ1v) is 9.32. The maximum atomic E-state index is 12.4. The first-order chi connectivity index (χ1) is 11.9. The molecule has 1 saturated heterocycles. The Labute approximate surface area is 145 Å². The summed E-state index contributed by atoms with van der Waals surface area (Å²) in [4.78, 5) is 25.2. The van der Waals surface area contributed by atoms with Gasteiger partial charge < -0.3 is 19.7 Å². The van der Waals surface area contributed by atoms with Gasteiger partial charge in [0.2, 0.25) is 15.9 Å². The maximum absolute atomic E-state index is 12.4. The number of carbonyl (C=O) groups is 2. The van der Waals surface area contributed by atoms with Gasteiger partial charge in [0.15, 0.2) is 6.10 Å². The predicted octanol–water partition coefficient (Wildman–Crippen LogP) is -0.457. The molecule has 0 spiro atoms. The van der Waals surface area contributed by atoms with Crippen LogP contribution >= 0.6 is 0 Å². The highest BCUT2D eigenvalue weighted by atomic mass is 32.2. The molecule has 1 fully saturated rings. The lowest BCUT2D eigenvalue weighted by atomic mass is 10.2. The number of benzene rings is 1. The Kier molecular flexibility index (Phi) is 4.93. The molecule has 2 aliphatic rings. The third-order valence-corrected chi connectivity index (χ3v) is 5.37. The van der Waals surface area contributed by atoms with Crippen LogP contribution in [-0.2, 0) is 24.3 Å². The van der Waals surface area contributed by atoms with E-state index in [9.17, 15) is 18.0 Å². The maximum Gasteiger partial charge on any atom is 0.265 e. The number of morpholine rings is 1. The lowest BCUT2D eigenvalue weighted by Crippen LogP contribution is -2.45. The van der Waals surface area contributed by atoms with Crippen LogP contribution in [0.15, 0.2) is 23.1 Å². The average molecular weight is 369 g/mol. The number of sulfonamides is 1. The van der Waals surface area contributed by atoms with E-state index in [0.717, 1.165) is 0 Å². The number of amides is 2. The second kappa shape index (κ2) is 6.98. The molecular weight excluding hydrogens is 350 g/mol. The van der Waals surface area contributed by atoms with Crippen LogP contribution in [0.2, 0.25) is 0 Å². The number of hydrogen-bond acceptors (Lipinski definition) is 6. The number of ether oxygens (including phenoxy) is 2. The molecule has 0 saturated carbocycles. The normalized spacial score (nSPS) is 20.4. The van der Waals surface area contributed by atoms with Crippen molar-refractivity contribution in [1.82, 2.24) is 9.62 Å². The number of anilines is 1. The smallest absolute Gasteiger partial charge is 0.265 e. The van der Waals surface area contributed by atoms with Crippen molar-refractivity contribution in [2.45, 2.75) is 17.9 Å². The minimum Gasteiger partial charge on any atom is -0.479 e. The standard InChI is InChI=1S/C15H19N3O6S/c1-10-15(20)17-12-8-11(2-3-13(12)24-10)25(21,22)16-9-14(19)18-4-6-23-7-5-18/h2-3,8,10,16H,4-7,9H2,1H3,(H,17,20)/t10-/m1/s1. The van der Waals surface area contributed by atoms with E-state index in [2.05, 4.69) is 10.0 Å². The summed E-state index contributed by atoms with van der Waals surface area (Å²) in [5.41, 5.74) is 0.283. The van der Waals surface area contributed by atoms with Crippen LogP contribution in [-0.4, -0.2) is 64.1 Å². The summed E-state index contributed by atoms with van der Waals surface area (Å²) in [6.45, 7) is 3.05. The fraction of sp³-hybridized carbons (Fsp3) is 0.467. The van der Waals surface area contributed by atoms with E-state index >= 15 is 0 Å². The molecule has 3 rings (SSSR count). The summed E-state index contributed by atoms with van der Waals surface area (Å²) < 4.78 is 37.6. The molecule has 2 amide bonds. The zero-order valence-electron chi connectivity index (χ0n) is 13.6. The molecule has 0 aromatic heterocycles. The Morgan fingerprint density at radius 1 is 1.36 bits per heavy atom. The van der Waals surface area contributed by atoms with E-state index in [1.807, 2.05) is 0 Å². The monoisotopic (exact) mass is 369 g/mol. The second-order valence-corrected chi connectivity index (χ2v) is 7.49. The Balaban J connectivity index is 1.69. The van der Waals surface area contributed by atoms with Gasteiger partial charge in [0.05, 0.1) is 30.3 Å². The zero-order valence-corrected chi connectivity index (χ0v) is 14.5. The minimum atomic E-state index is -3.89. The quantitative estimate of drug-likeness (QED) is 0.743. The molecule has 0 bridgehead atoms. The number of hydrogen-bond donors (Lipinski definition) is 2. The van der Waals surface area contributed by atoms with Gasteiger partial charge in [-0.3, -0.25) is 9.59 Å². The van der Waals surface area contributed by atoms with Crippen molar-refractivity contribution in [3.8, 4) is 5.75 Å². The summed E-state index contributed by atoms with van der Waals surface area (Å²) in [5.74, 6) is -0.261. The second-order valence-electron chi connectivity index (χ2n) is 5.73. The molecule has 1 aromatic carbocycles. The van der Waals surface area contributed by atoms with Crippen LogP contribution in [0.4, 0.5) is 5.69 Å². The molecule has 9 nitrogen and oxygen atoms in total. The number of carbonyl (C=O) groups excluding carboxylic acids is 2. The molecule has 10 heteroatoms. The molecule has 136 valence electrons. The molecule has 1 aromatic rings.